The smallest absolute Gasteiger partial charge is 0.416 e. The van der Waals surface area contributed by atoms with Gasteiger partial charge in [-0.3, -0.25) is 9.59 Å². The maximum atomic E-state index is 13.9. The fourth-order valence-electron chi connectivity index (χ4n) is 5.34. The number of amides is 1. The first-order valence-electron chi connectivity index (χ1n) is 11.0. The summed E-state index contributed by atoms with van der Waals surface area (Å²) in [5.74, 6) is -1.82. The molecule has 33 heavy (non-hydrogen) atoms. The van der Waals surface area contributed by atoms with Crippen LogP contribution in [0.2, 0.25) is 5.02 Å². The lowest BCUT2D eigenvalue weighted by atomic mass is 9.77. The molecule has 8 heteroatoms. The third kappa shape index (κ3) is 4.60. The van der Waals surface area contributed by atoms with Crippen LogP contribution in [0, 0.1) is 5.41 Å². The fraction of sp³-hybridized carbons (Fsp3) is 0.440. The minimum absolute atomic E-state index is 0.00286. The van der Waals surface area contributed by atoms with Crippen LogP contribution in [0.15, 0.2) is 42.5 Å². The summed E-state index contributed by atoms with van der Waals surface area (Å²) < 4.78 is 46.2. The van der Waals surface area contributed by atoms with Crippen LogP contribution in [0.4, 0.5) is 13.2 Å². The third-order valence-electron chi connectivity index (χ3n) is 6.86. The van der Waals surface area contributed by atoms with Gasteiger partial charge in [-0.25, -0.2) is 0 Å². The molecule has 2 aromatic carbocycles. The largest absolute Gasteiger partial charge is 0.468 e. The molecular formula is C25H25ClF3NO3. The highest BCUT2D eigenvalue weighted by atomic mass is 35.5. The van der Waals surface area contributed by atoms with Crippen molar-refractivity contribution in [1.82, 2.24) is 4.90 Å². The van der Waals surface area contributed by atoms with E-state index in [1.165, 1.54) is 24.1 Å². The van der Waals surface area contributed by atoms with Crippen molar-refractivity contribution in [2.75, 3.05) is 13.7 Å². The van der Waals surface area contributed by atoms with Gasteiger partial charge in [0.05, 0.1) is 24.0 Å². The Bertz CT molecular complexity index is 1060. The normalized spacial score (nSPS) is 19.8. The summed E-state index contributed by atoms with van der Waals surface area (Å²) in [7, 11) is 1.20. The van der Waals surface area contributed by atoms with Crippen LogP contribution in [0.1, 0.15) is 53.9 Å². The monoisotopic (exact) mass is 479 g/mol. The first kappa shape index (κ1) is 23.6. The topological polar surface area (TPSA) is 46.6 Å². The summed E-state index contributed by atoms with van der Waals surface area (Å²) in [6.07, 6.45) is -1.11. The zero-order valence-corrected chi connectivity index (χ0v) is 19.0. The maximum Gasteiger partial charge on any atom is 0.416 e. The number of methoxy groups -OCH3 is 1. The van der Waals surface area contributed by atoms with Crippen molar-refractivity contribution in [3.8, 4) is 0 Å². The zero-order valence-electron chi connectivity index (χ0n) is 18.3. The highest BCUT2D eigenvalue weighted by molar-refractivity contribution is 6.30. The molecule has 1 unspecified atom stereocenters. The zero-order chi connectivity index (χ0) is 23.8. The van der Waals surface area contributed by atoms with Crippen LogP contribution < -0.4 is 0 Å². The second-order valence-corrected chi connectivity index (χ2v) is 9.36. The van der Waals surface area contributed by atoms with Gasteiger partial charge in [0.1, 0.15) is 0 Å². The first-order chi connectivity index (χ1) is 15.6. The average molecular weight is 480 g/mol. The van der Waals surface area contributed by atoms with Gasteiger partial charge in [-0.2, -0.15) is 13.2 Å². The fourth-order valence-corrected chi connectivity index (χ4v) is 5.55. The molecule has 1 amide bonds. The number of hydrogen-bond acceptors (Lipinski definition) is 3. The molecule has 2 aromatic rings. The van der Waals surface area contributed by atoms with Crippen molar-refractivity contribution < 1.29 is 27.5 Å². The number of benzene rings is 2. The molecule has 0 saturated heterocycles. The predicted molar refractivity (Wildman–Crippen MR) is 118 cm³/mol. The standard InChI is InChI=1S/C25H25ClF3NO3/c1-33-22(31)20-15-30(14-19-18(20)8-5-9-21(19)25(27,28)29)23(32)24(10-2-3-11-24)13-16-6-4-7-17(26)12-16/h4-9,12,20H,2-3,10-11,13-15H2,1H3. The highest BCUT2D eigenvalue weighted by Crippen LogP contribution is 2.45. The number of rotatable bonds is 4. The predicted octanol–water partition coefficient (Wildman–Crippen LogP) is 5.76. The van der Waals surface area contributed by atoms with Gasteiger partial charge >= 0.3 is 12.1 Å². The summed E-state index contributed by atoms with van der Waals surface area (Å²) in [5.41, 5.74) is -0.389. The molecular weight excluding hydrogens is 455 g/mol. The van der Waals surface area contributed by atoms with Gasteiger partial charge in [-0.1, -0.05) is 48.7 Å². The lowest BCUT2D eigenvalue weighted by Gasteiger charge is -2.40. The quantitative estimate of drug-likeness (QED) is 0.524. The second-order valence-electron chi connectivity index (χ2n) is 8.93. The molecule has 176 valence electrons. The molecule has 4 rings (SSSR count). The van der Waals surface area contributed by atoms with Gasteiger partial charge in [0.2, 0.25) is 5.91 Å². The number of alkyl halides is 3. The van der Waals surface area contributed by atoms with Crippen molar-refractivity contribution in [2.45, 2.75) is 50.7 Å². The molecule has 0 aromatic heterocycles. The van der Waals surface area contributed by atoms with Crippen molar-refractivity contribution >= 4 is 23.5 Å². The molecule has 1 aliphatic heterocycles. The van der Waals surface area contributed by atoms with Crippen LogP contribution >= 0.6 is 11.6 Å². The lowest BCUT2D eigenvalue weighted by Crippen LogP contribution is -2.48. The van der Waals surface area contributed by atoms with Gasteiger partial charge < -0.3 is 9.64 Å². The maximum absolute atomic E-state index is 13.9. The van der Waals surface area contributed by atoms with Gasteiger partial charge in [0, 0.05) is 18.1 Å². The molecule has 1 aliphatic carbocycles. The minimum atomic E-state index is -4.59. The molecule has 0 N–H and O–H groups in total. The first-order valence-corrected chi connectivity index (χ1v) is 11.3. The molecule has 0 spiro atoms. The van der Waals surface area contributed by atoms with Crippen LogP contribution in [-0.2, 0) is 33.5 Å². The Morgan fingerprint density at radius 1 is 1.15 bits per heavy atom. The lowest BCUT2D eigenvalue weighted by molar-refractivity contribution is -0.150. The number of esters is 1. The summed E-state index contributed by atoms with van der Waals surface area (Å²) >= 11 is 6.14. The Morgan fingerprint density at radius 3 is 2.48 bits per heavy atom. The Balaban J connectivity index is 1.72. The summed E-state index contributed by atoms with van der Waals surface area (Å²) in [5, 5.41) is 0.570. The summed E-state index contributed by atoms with van der Waals surface area (Å²) in [4.78, 5) is 27.9. The van der Waals surface area contributed by atoms with E-state index in [2.05, 4.69) is 0 Å². The van der Waals surface area contributed by atoms with E-state index in [4.69, 9.17) is 16.3 Å². The van der Waals surface area contributed by atoms with E-state index in [0.29, 0.717) is 24.3 Å². The Morgan fingerprint density at radius 2 is 1.85 bits per heavy atom. The Labute approximate surface area is 195 Å². The van der Waals surface area contributed by atoms with E-state index in [1.807, 2.05) is 18.2 Å². The van der Waals surface area contributed by atoms with E-state index >= 15 is 0 Å². The van der Waals surface area contributed by atoms with Crippen molar-refractivity contribution in [3.63, 3.8) is 0 Å². The van der Waals surface area contributed by atoms with E-state index in [-0.39, 0.29) is 30.1 Å². The van der Waals surface area contributed by atoms with Crippen molar-refractivity contribution in [3.05, 3.63) is 69.7 Å². The minimum Gasteiger partial charge on any atom is -0.468 e. The Kier molecular flexibility index (Phi) is 6.45. The van der Waals surface area contributed by atoms with Crippen LogP contribution in [0.5, 0.6) is 0 Å². The van der Waals surface area contributed by atoms with Gasteiger partial charge in [0.25, 0.3) is 0 Å². The van der Waals surface area contributed by atoms with Crippen LogP contribution in [0.3, 0.4) is 0 Å². The number of nitrogens with zero attached hydrogens (tertiary/aromatic N) is 1. The SMILES string of the molecule is COC(=O)C1CN(C(=O)C2(Cc3cccc(Cl)c3)CCCC2)Cc2c1cccc2C(F)(F)F. The number of halogens is 4. The van der Waals surface area contributed by atoms with Gasteiger partial charge in [0.15, 0.2) is 0 Å². The number of ether oxygens (including phenoxy) is 1. The van der Waals surface area contributed by atoms with Crippen molar-refractivity contribution in [1.29, 1.82) is 0 Å². The van der Waals surface area contributed by atoms with E-state index in [0.717, 1.165) is 24.5 Å². The van der Waals surface area contributed by atoms with E-state index < -0.39 is 29.0 Å². The average Bonchev–Trinajstić information content (AvgIpc) is 3.25. The summed E-state index contributed by atoms with van der Waals surface area (Å²) in [6, 6.07) is 11.1. The molecule has 0 radical (unpaired) electrons. The molecule has 1 saturated carbocycles. The number of hydrogen-bond donors (Lipinski definition) is 0. The molecule has 1 heterocycles. The molecule has 1 atom stereocenters. The molecule has 0 bridgehead atoms. The molecule has 4 nitrogen and oxygen atoms in total. The molecule has 1 fully saturated rings. The van der Waals surface area contributed by atoms with Gasteiger partial charge in [-0.15, -0.1) is 0 Å². The third-order valence-corrected chi connectivity index (χ3v) is 7.10. The van der Waals surface area contributed by atoms with Crippen LogP contribution in [-0.4, -0.2) is 30.4 Å². The second kappa shape index (κ2) is 9.01. The van der Waals surface area contributed by atoms with E-state index in [1.54, 1.807) is 6.07 Å². The number of carbonyl (C=O) groups is 2. The van der Waals surface area contributed by atoms with Crippen molar-refractivity contribution in [2.24, 2.45) is 5.41 Å². The Hall–Kier alpha value is -2.54. The van der Waals surface area contributed by atoms with Gasteiger partial charge in [-0.05, 0) is 54.2 Å². The number of carbonyl (C=O) groups excluding carboxylic acids is 2. The summed E-state index contributed by atoms with van der Waals surface area (Å²) in [6.45, 7) is -0.189. The highest BCUT2D eigenvalue weighted by Gasteiger charge is 2.47. The van der Waals surface area contributed by atoms with Crippen LogP contribution in [0.25, 0.3) is 0 Å². The van der Waals surface area contributed by atoms with E-state index in [9.17, 15) is 22.8 Å². The molecule has 2 aliphatic rings. The number of fused-ring (bicyclic) bond motifs is 1.